The van der Waals surface area contributed by atoms with Crippen LogP contribution in [-0.4, -0.2) is 64.8 Å². The summed E-state index contributed by atoms with van der Waals surface area (Å²) in [6, 6.07) is 18.9. The van der Waals surface area contributed by atoms with E-state index in [2.05, 4.69) is 16.1 Å². The first-order chi connectivity index (χ1) is 22.3. The highest BCUT2D eigenvalue weighted by atomic mass is 32.2. The molecule has 0 aliphatic carbocycles. The quantitative estimate of drug-likeness (QED) is 0.277. The second kappa shape index (κ2) is 15.3. The maximum absolute atomic E-state index is 14.0. The zero-order valence-electron chi connectivity index (χ0n) is 27.4. The lowest BCUT2D eigenvalue weighted by Crippen LogP contribution is -2.46. The minimum Gasteiger partial charge on any atom is -0.493 e. The predicted octanol–water partition coefficient (Wildman–Crippen LogP) is 5.42. The van der Waals surface area contributed by atoms with Gasteiger partial charge in [0.25, 0.3) is 0 Å². The van der Waals surface area contributed by atoms with Gasteiger partial charge in [0.1, 0.15) is 11.6 Å². The van der Waals surface area contributed by atoms with Gasteiger partial charge in [-0.3, -0.25) is 4.79 Å². The summed E-state index contributed by atoms with van der Waals surface area (Å²) in [4.78, 5) is 27.6. The number of ether oxygens (including phenoxy) is 3. The van der Waals surface area contributed by atoms with Gasteiger partial charge >= 0.3 is 6.09 Å². The van der Waals surface area contributed by atoms with E-state index in [0.29, 0.717) is 60.7 Å². The molecule has 3 aromatic rings. The van der Waals surface area contributed by atoms with E-state index in [1.807, 2.05) is 0 Å². The molecule has 250 valence electrons. The van der Waals surface area contributed by atoms with Crippen molar-refractivity contribution in [1.82, 2.24) is 14.9 Å². The molecule has 0 spiro atoms. The molecule has 12 heteroatoms. The minimum absolute atomic E-state index is 0.0183. The standard InChI is InChI=1S/C35H42N4O7S/c1-35(2,3)46-34(41)37-17-14-24-15-18-39(19-16-24)33(40)32(28-10-6-8-25(20-28)23-36)38-47(42,43)29-11-7-9-26(21-29)27-12-13-30(44-4)31(22-27)45-5/h6-13,20-22,24,32,38H,14-19H2,1-5H3,(H,37,41). The fourth-order valence-electron chi connectivity index (χ4n) is 5.45. The van der Waals surface area contributed by atoms with Crippen LogP contribution in [0, 0.1) is 17.2 Å². The molecular formula is C35H42N4O7S. The number of likely N-dealkylation sites (tertiary alicyclic amines) is 1. The van der Waals surface area contributed by atoms with Crippen LogP contribution >= 0.6 is 0 Å². The van der Waals surface area contributed by atoms with Crippen LogP contribution in [0.5, 0.6) is 11.5 Å². The van der Waals surface area contributed by atoms with E-state index in [1.165, 1.54) is 32.4 Å². The third-order valence-corrected chi connectivity index (χ3v) is 9.30. The Balaban J connectivity index is 1.51. The molecule has 3 aromatic carbocycles. The second-order valence-corrected chi connectivity index (χ2v) is 14.1. The van der Waals surface area contributed by atoms with Gasteiger partial charge in [0.2, 0.25) is 15.9 Å². The van der Waals surface area contributed by atoms with E-state index < -0.39 is 33.7 Å². The second-order valence-electron chi connectivity index (χ2n) is 12.4. The normalized spacial score (nSPS) is 14.5. The first-order valence-electron chi connectivity index (χ1n) is 15.4. The molecular weight excluding hydrogens is 620 g/mol. The Morgan fingerprint density at radius 3 is 2.30 bits per heavy atom. The number of nitriles is 1. The number of nitrogens with zero attached hydrogens (tertiary/aromatic N) is 2. The molecule has 2 N–H and O–H groups in total. The molecule has 2 amide bonds. The SMILES string of the molecule is COc1ccc(-c2cccc(S(=O)(=O)NC(C(=O)N3CCC(CCNC(=O)OC(C)(C)C)CC3)c3cccc(C#N)c3)c2)cc1OC. The van der Waals surface area contributed by atoms with Crippen LogP contribution < -0.4 is 19.5 Å². The fraction of sp³-hybridized carbons (Fsp3) is 0.400. The lowest BCUT2D eigenvalue weighted by atomic mass is 9.92. The van der Waals surface area contributed by atoms with Gasteiger partial charge in [-0.1, -0.05) is 30.3 Å². The number of nitrogens with one attached hydrogen (secondary N) is 2. The number of rotatable bonds is 11. The van der Waals surface area contributed by atoms with E-state index >= 15 is 0 Å². The summed E-state index contributed by atoms with van der Waals surface area (Å²) in [5.74, 6) is 0.932. The Labute approximate surface area is 276 Å². The Bertz CT molecular complexity index is 1720. The molecule has 0 aromatic heterocycles. The highest BCUT2D eigenvalue weighted by Crippen LogP contribution is 2.33. The molecule has 4 rings (SSSR count). The Kier molecular flexibility index (Phi) is 11.5. The van der Waals surface area contributed by atoms with Gasteiger partial charge in [0.15, 0.2) is 11.5 Å². The van der Waals surface area contributed by atoms with Crippen molar-refractivity contribution in [2.45, 2.75) is 56.6 Å². The van der Waals surface area contributed by atoms with Crippen molar-refractivity contribution in [3.05, 3.63) is 77.9 Å². The molecule has 1 atom stereocenters. The van der Waals surface area contributed by atoms with Gasteiger partial charge in [0.05, 0.1) is 30.7 Å². The summed E-state index contributed by atoms with van der Waals surface area (Å²) in [5.41, 5.74) is 1.46. The molecule has 1 saturated heterocycles. The van der Waals surface area contributed by atoms with Gasteiger partial charge in [0, 0.05) is 19.6 Å². The van der Waals surface area contributed by atoms with Crippen molar-refractivity contribution in [3.63, 3.8) is 0 Å². The average Bonchev–Trinajstić information content (AvgIpc) is 3.06. The maximum atomic E-state index is 14.0. The zero-order valence-corrected chi connectivity index (χ0v) is 28.2. The van der Waals surface area contributed by atoms with Gasteiger partial charge in [-0.05, 0) is 99.0 Å². The first kappa shape index (κ1) is 35.3. The molecule has 11 nitrogen and oxygen atoms in total. The molecule has 0 saturated carbocycles. The maximum Gasteiger partial charge on any atom is 0.407 e. The van der Waals surface area contributed by atoms with Crippen molar-refractivity contribution < 1.29 is 32.2 Å². The van der Waals surface area contributed by atoms with E-state index in [-0.39, 0.29) is 10.8 Å². The monoisotopic (exact) mass is 662 g/mol. The van der Waals surface area contributed by atoms with Crippen LogP contribution in [0.1, 0.15) is 57.2 Å². The zero-order chi connectivity index (χ0) is 34.2. The van der Waals surface area contributed by atoms with Gasteiger partial charge in [-0.2, -0.15) is 9.98 Å². The van der Waals surface area contributed by atoms with Crippen LogP contribution in [0.2, 0.25) is 0 Å². The number of hydrogen-bond donors (Lipinski definition) is 2. The Morgan fingerprint density at radius 1 is 0.957 bits per heavy atom. The van der Waals surface area contributed by atoms with Crippen molar-refractivity contribution in [2.75, 3.05) is 33.9 Å². The van der Waals surface area contributed by atoms with Crippen molar-refractivity contribution in [1.29, 1.82) is 5.26 Å². The van der Waals surface area contributed by atoms with E-state index in [4.69, 9.17) is 14.2 Å². The lowest BCUT2D eigenvalue weighted by molar-refractivity contribution is -0.134. The molecule has 0 radical (unpaired) electrons. The average molecular weight is 663 g/mol. The molecule has 1 fully saturated rings. The summed E-state index contributed by atoms with van der Waals surface area (Å²) in [5, 5.41) is 12.3. The summed E-state index contributed by atoms with van der Waals surface area (Å²) in [7, 11) is -1.14. The van der Waals surface area contributed by atoms with Crippen LogP contribution in [0.25, 0.3) is 11.1 Å². The van der Waals surface area contributed by atoms with Crippen molar-refractivity contribution in [2.24, 2.45) is 5.92 Å². The van der Waals surface area contributed by atoms with Crippen molar-refractivity contribution >= 4 is 22.0 Å². The Morgan fingerprint density at radius 2 is 1.64 bits per heavy atom. The number of hydrogen-bond acceptors (Lipinski definition) is 8. The van der Waals surface area contributed by atoms with Gasteiger partial charge in [-0.25, -0.2) is 13.2 Å². The number of sulfonamides is 1. The summed E-state index contributed by atoms with van der Waals surface area (Å²) in [6.07, 6.45) is 1.67. The topological polar surface area (TPSA) is 147 Å². The molecule has 47 heavy (non-hydrogen) atoms. The highest BCUT2D eigenvalue weighted by Gasteiger charge is 2.33. The Hall–Kier alpha value is -4.60. The number of carbonyl (C=O) groups excluding carboxylic acids is 2. The number of methoxy groups -OCH3 is 2. The smallest absolute Gasteiger partial charge is 0.407 e. The van der Waals surface area contributed by atoms with Crippen molar-refractivity contribution in [3.8, 4) is 28.7 Å². The lowest BCUT2D eigenvalue weighted by Gasteiger charge is -2.34. The van der Waals surface area contributed by atoms with E-state index in [1.54, 1.807) is 74.2 Å². The summed E-state index contributed by atoms with van der Waals surface area (Å²) in [6.45, 7) is 6.74. The van der Waals surface area contributed by atoms with Gasteiger partial charge in [-0.15, -0.1) is 0 Å². The third kappa shape index (κ3) is 9.47. The van der Waals surface area contributed by atoms with Gasteiger partial charge < -0.3 is 24.4 Å². The van der Waals surface area contributed by atoms with E-state index in [9.17, 15) is 23.3 Å². The van der Waals surface area contributed by atoms with Crippen LogP contribution in [0.4, 0.5) is 4.79 Å². The highest BCUT2D eigenvalue weighted by molar-refractivity contribution is 7.89. The van der Waals surface area contributed by atoms with Crippen LogP contribution in [0.15, 0.2) is 71.6 Å². The molecule has 1 aliphatic rings. The van der Waals surface area contributed by atoms with Crippen LogP contribution in [-0.2, 0) is 19.6 Å². The first-order valence-corrected chi connectivity index (χ1v) is 16.9. The number of carbonyl (C=O) groups is 2. The van der Waals surface area contributed by atoms with Crippen LogP contribution in [0.3, 0.4) is 0 Å². The number of benzene rings is 3. The minimum atomic E-state index is -4.20. The fourth-order valence-corrected chi connectivity index (χ4v) is 6.67. The third-order valence-electron chi connectivity index (χ3n) is 7.88. The molecule has 0 bridgehead atoms. The predicted molar refractivity (Wildman–Crippen MR) is 177 cm³/mol. The summed E-state index contributed by atoms with van der Waals surface area (Å²) >= 11 is 0. The molecule has 1 heterocycles. The molecule has 1 unspecified atom stereocenters. The van der Waals surface area contributed by atoms with E-state index in [0.717, 1.165) is 12.0 Å². The molecule has 1 aliphatic heterocycles. The largest absolute Gasteiger partial charge is 0.493 e. The number of amides is 2. The number of piperidine rings is 1. The number of alkyl carbamates (subject to hydrolysis) is 1. The summed E-state index contributed by atoms with van der Waals surface area (Å²) < 4.78 is 46.3.